The molecule has 272 valence electrons. The van der Waals surface area contributed by atoms with Crippen molar-refractivity contribution in [3.63, 3.8) is 0 Å². The van der Waals surface area contributed by atoms with Gasteiger partial charge >= 0.3 is 17.9 Å². The summed E-state index contributed by atoms with van der Waals surface area (Å²) in [5.74, 6) is -0.912. The molecule has 0 heterocycles. The second-order valence-corrected chi connectivity index (χ2v) is 12.8. The van der Waals surface area contributed by atoms with E-state index in [0.717, 1.165) is 89.9 Å². The molecule has 0 aliphatic rings. The molecule has 0 radical (unpaired) electrons. The van der Waals surface area contributed by atoms with E-state index in [1.165, 1.54) is 57.8 Å². The van der Waals surface area contributed by atoms with Crippen LogP contribution >= 0.6 is 0 Å². The number of carbonyl (C=O) groups is 3. The molecular formula is C41H72O6. The van der Waals surface area contributed by atoms with E-state index >= 15 is 0 Å². The fourth-order valence-electron chi connectivity index (χ4n) is 5.22. The second kappa shape index (κ2) is 36.5. The first kappa shape index (κ1) is 44.6. The summed E-state index contributed by atoms with van der Waals surface area (Å²) in [6, 6.07) is 0. The number of unbranched alkanes of at least 4 members (excludes halogenated alkanes) is 17. The predicted molar refractivity (Wildman–Crippen MR) is 196 cm³/mol. The molecule has 0 N–H and O–H groups in total. The largest absolute Gasteiger partial charge is 0.462 e. The first-order valence-corrected chi connectivity index (χ1v) is 19.5. The lowest BCUT2D eigenvalue weighted by atomic mass is 10.1. The van der Waals surface area contributed by atoms with Gasteiger partial charge in [-0.3, -0.25) is 14.4 Å². The van der Waals surface area contributed by atoms with Crippen molar-refractivity contribution in [2.24, 2.45) is 0 Å². The maximum atomic E-state index is 12.5. The highest BCUT2D eigenvalue weighted by atomic mass is 16.6. The number of esters is 3. The minimum Gasteiger partial charge on any atom is -0.462 e. The van der Waals surface area contributed by atoms with Crippen molar-refractivity contribution in [3.8, 4) is 0 Å². The highest BCUT2D eigenvalue weighted by Crippen LogP contribution is 2.13. The molecule has 0 aromatic heterocycles. The Morgan fingerprint density at radius 2 is 0.830 bits per heavy atom. The SMILES string of the molecule is CC/C=C\C/C=C\C/C=C\CCCCCCCCCC(=O)OCC(COC(=O)CCCCCCC)OC(=O)CCCCCCCCC. The van der Waals surface area contributed by atoms with Crippen LogP contribution in [0.3, 0.4) is 0 Å². The van der Waals surface area contributed by atoms with E-state index in [0.29, 0.717) is 19.3 Å². The lowest BCUT2D eigenvalue weighted by molar-refractivity contribution is -0.167. The molecule has 6 heteroatoms. The summed E-state index contributed by atoms with van der Waals surface area (Å²) in [6.45, 7) is 6.36. The number of hydrogen-bond donors (Lipinski definition) is 0. The average molecular weight is 661 g/mol. The Morgan fingerprint density at radius 1 is 0.447 bits per heavy atom. The van der Waals surface area contributed by atoms with E-state index in [1.807, 2.05) is 0 Å². The summed E-state index contributed by atoms with van der Waals surface area (Å²) < 4.78 is 16.4. The molecule has 1 atom stereocenters. The van der Waals surface area contributed by atoms with E-state index in [9.17, 15) is 14.4 Å². The highest BCUT2D eigenvalue weighted by Gasteiger charge is 2.19. The van der Waals surface area contributed by atoms with Gasteiger partial charge < -0.3 is 14.2 Å². The first-order valence-electron chi connectivity index (χ1n) is 19.5. The first-order chi connectivity index (χ1) is 23.0. The molecule has 0 rings (SSSR count). The van der Waals surface area contributed by atoms with Gasteiger partial charge in [0.05, 0.1) is 0 Å². The molecule has 0 aliphatic heterocycles. The van der Waals surface area contributed by atoms with Crippen molar-refractivity contribution in [1.82, 2.24) is 0 Å². The van der Waals surface area contributed by atoms with Gasteiger partial charge in [-0.25, -0.2) is 0 Å². The zero-order valence-electron chi connectivity index (χ0n) is 30.8. The van der Waals surface area contributed by atoms with Crippen LogP contribution in [0.2, 0.25) is 0 Å². The van der Waals surface area contributed by atoms with Crippen LogP contribution in [0.25, 0.3) is 0 Å². The summed E-state index contributed by atoms with van der Waals surface area (Å²) in [7, 11) is 0. The van der Waals surface area contributed by atoms with E-state index in [4.69, 9.17) is 14.2 Å². The fraction of sp³-hybridized carbons (Fsp3) is 0.780. The van der Waals surface area contributed by atoms with Gasteiger partial charge in [0, 0.05) is 19.3 Å². The van der Waals surface area contributed by atoms with Gasteiger partial charge in [0.2, 0.25) is 0 Å². The molecule has 0 fully saturated rings. The minimum absolute atomic E-state index is 0.0758. The molecule has 1 unspecified atom stereocenters. The molecule has 0 saturated heterocycles. The molecule has 6 nitrogen and oxygen atoms in total. The van der Waals surface area contributed by atoms with Crippen molar-refractivity contribution in [1.29, 1.82) is 0 Å². The Bertz CT molecular complexity index is 815. The van der Waals surface area contributed by atoms with Crippen molar-refractivity contribution < 1.29 is 28.6 Å². The van der Waals surface area contributed by atoms with Crippen LogP contribution in [0, 0.1) is 0 Å². The Hall–Kier alpha value is -2.37. The smallest absolute Gasteiger partial charge is 0.306 e. The molecule has 0 aliphatic carbocycles. The molecule has 0 spiro atoms. The summed E-state index contributed by atoms with van der Waals surface area (Å²) in [5.41, 5.74) is 0. The van der Waals surface area contributed by atoms with Crippen molar-refractivity contribution in [2.45, 2.75) is 194 Å². The quantitative estimate of drug-likeness (QED) is 0.0296. The van der Waals surface area contributed by atoms with E-state index in [-0.39, 0.29) is 31.1 Å². The lowest BCUT2D eigenvalue weighted by Crippen LogP contribution is -2.30. The Kier molecular flexibility index (Phi) is 34.6. The van der Waals surface area contributed by atoms with Crippen molar-refractivity contribution in [3.05, 3.63) is 36.5 Å². The van der Waals surface area contributed by atoms with Crippen LogP contribution in [0.15, 0.2) is 36.5 Å². The van der Waals surface area contributed by atoms with Crippen molar-refractivity contribution in [2.75, 3.05) is 13.2 Å². The summed E-state index contributed by atoms with van der Waals surface area (Å²) >= 11 is 0. The average Bonchev–Trinajstić information content (AvgIpc) is 3.06. The van der Waals surface area contributed by atoms with Gasteiger partial charge in [-0.1, -0.05) is 154 Å². The summed E-state index contributed by atoms with van der Waals surface area (Å²) in [6.07, 6.45) is 38.8. The molecule has 0 saturated carbocycles. The molecule has 0 aromatic carbocycles. The fourth-order valence-corrected chi connectivity index (χ4v) is 5.22. The van der Waals surface area contributed by atoms with Crippen LogP contribution in [0.4, 0.5) is 0 Å². The molecule has 0 aromatic rings. The van der Waals surface area contributed by atoms with Gasteiger partial charge in [0.15, 0.2) is 6.10 Å². The minimum atomic E-state index is -0.765. The van der Waals surface area contributed by atoms with Gasteiger partial charge in [-0.05, 0) is 51.4 Å². The van der Waals surface area contributed by atoms with Crippen LogP contribution in [-0.4, -0.2) is 37.2 Å². The maximum absolute atomic E-state index is 12.5. The normalized spacial score (nSPS) is 12.3. The van der Waals surface area contributed by atoms with E-state index in [2.05, 4.69) is 57.2 Å². The van der Waals surface area contributed by atoms with E-state index in [1.54, 1.807) is 0 Å². The monoisotopic (exact) mass is 661 g/mol. The number of allylic oxidation sites excluding steroid dienone is 6. The van der Waals surface area contributed by atoms with Gasteiger partial charge in [-0.15, -0.1) is 0 Å². The third kappa shape index (κ3) is 34.8. The molecule has 0 amide bonds. The van der Waals surface area contributed by atoms with E-state index < -0.39 is 6.10 Å². The van der Waals surface area contributed by atoms with Gasteiger partial charge in [0.1, 0.15) is 13.2 Å². The second-order valence-electron chi connectivity index (χ2n) is 12.8. The molecule has 0 bridgehead atoms. The zero-order valence-corrected chi connectivity index (χ0v) is 30.8. The summed E-state index contributed by atoms with van der Waals surface area (Å²) in [5, 5.41) is 0. The lowest BCUT2D eigenvalue weighted by Gasteiger charge is -2.18. The number of ether oxygens (including phenoxy) is 3. The van der Waals surface area contributed by atoms with Crippen LogP contribution in [0.5, 0.6) is 0 Å². The van der Waals surface area contributed by atoms with Gasteiger partial charge in [-0.2, -0.15) is 0 Å². The molecular weight excluding hydrogens is 588 g/mol. The Labute approximate surface area is 289 Å². The zero-order chi connectivity index (χ0) is 34.5. The number of carbonyl (C=O) groups excluding carboxylic acids is 3. The Morgan fingerprint density at radius 3 is 1.30 bits per heavy atom. The number of rotatable bonds is 34. The topological polar surface area (TPSA) is 78.9 Å². The number of hydrogen-bond acceptors (Lipinski definition) is 6. The Balaban J connectivity index is 4.19. The standard InChI is InChI=1S/C41H72O6/c1-4-7-10-13-15-16-17-18-19-20-21-22-23-24-26-28-31-34-40(43)46-37-38(36-45-39(42)33-30-27-12-9-6-3)47-41(44)35-32-29-25-14-11-8-5-2/h7,10,15-16,18-19,38H,4-6,8-9,11-14,17,20-37H2,1-3H3/b10-7-,16-15-,19-18-. The van der Waals surface area contributed by atoms with Crippen LogP contribution in [-0.2, 0) is 28.6 Å². The summed E-state index contributed by atoms with van der Waals surface area (Å²) in [4.78, 5) is 37.1. The van der Waals surface area contributed by atoms with Crippen LogP contribution in [0.1, 0.15) is 188 Å². The third-order valence-corrected chi connectivity index (χ3v) is 8.16. The molecule has 47 heavy (non-hydrogen) atoms. The van der Waals surface area contributed by atoms with Crippen molar-refractivity contribution >= 4 is 17.9 Å². The van der Waals surface area contributed by atoms with Gasteiger partial charge in [0.25, 0.3) is 0 Å². The predicted octanol–water partition coefficient (Wildman–Crippen LogP) is 11.9. The van der Waals surface area contributed by atoms with Crippen LogP contribution < -0.4 is 0 Å². The third-order valence-electron chi connectivity index (χ3n) is 8.16. The highest BCUT2D eigenvalue weighted by molar-refractivity contribution is 5.71. The maximum Gasteiger partial charge on any atom is 0.306 e.